The smallest absolute Gasteiger partial charge is 0.199 e. The van der Waals surface area contributed by atoms with Crippen molar-refractivity contribution >= 4 is 5.52 Å². The van der Waals surface area contributed by atoms with E-state index in [2.05, 4.69) is 4.98 Å². The van der Waals surface area contributed by atoms with E-state index in [4.69, 9.17) is 5.11 Å². The van der Waals surface area contributed by atoms with Gasteiger partial charge in [0.1, 0.15) is 12.4 Å². The van der Waals surface area contributed by atoms with Crippen molar-refractivity contribution in [2.75, 3.05) is 0 Å². The highest BCUT2D eigenvalue weighted by Crippen LogP contribution is 2.09. The lowest BCUT2D eigenvalue weighted by Crippen LogP contribution is -1.98. The summed E-state index contributed by atoms with van der Waals surface area (Å²) >= 11 is 0. The van der Waals surface area contributed by atoms with Crippen LogP contribution in [-0.2, 0) is 6.61 Å². The second-order valence-electron chi connectivity index (χ2n) is 2.44. The van der Waals surface area contributed by atoms with Crippen molar-refractivity contribution in [3.05, 3.63) is 36.2 Å². The molecule has 0 bridgehead atoms. The molecule has 0 aliphatic heterocycles. The lowest BCUT2D eigenvalue weighted by atomic mass is 10.4. The molecule has 62 valence electrons. The van der Waals surface area contributed by atoms with Gasteiger partial charge >= 0.3 is 0 Å². The van der Waals surface area contributed by atoms with Crippen LogP contribution in [0.1, 0.15) is 5.82 Å². The molecule has 0 fully saturated rings. The number of halogens is 1. The maximum atomic E-state index is 13.1. The van der Waals surface area contributed by atoms with E-state index < -0.39 is 5.95 Å². The zero-order chi connectivity index (χ0) is 8.55. The minimum Gasteiger partial charge on any atom is -0.388 e. The molecule has 0 radical (unpaired) electrons. The number of imidazole rings is 1. The third kappa shape index (κ3) is 0.887. The van der Waals surface area contributed by atoms with Crippen molar-refractivity contribution in [2.24, 2.45) is 0 Å². The molecular formula is C8H7FN2O. The van der Waals surface area contributed by atoms with Crippen molar-refractivity contribution in [3.63, 3.8) is 0 Å². The first-order valence-electron chi connectivity index (χ1n) is 3.54. The Bertz CT molecular complexity index is 410. The van der Waals surface area contributed by atoms with Crippen LogP contribution in [0, 0.1) is 5.95 Å². The number of rotatable bonds is 1. The Kier molecular flexibility index (Phi) is 1.55. The van der Waals surface area contributed by atoms with E-state index in [1.54, 1.807) is 12.1 Å². The molecule has 2 aromatic heterocycles. The fraction of sp³-hybridized carbons (Fsp3) is 0.125. The Balaban J connectivity index is 2.83. The summed E-state index contributed by atoms with van der Waals surface area (Å²) in [5, 5.41) is 8.80. The molecule has 2 aromatic rings. The monoisotopic (exact) mass is 166 g/mol. The number of pyridine rings is 1. The Hall–Kier alpha value is -1.42. The zero-order valence-corrected chi connectivity index (χ0v) is 6.24. The van der Waals surface area contributed by atoms with Crippen LogP contribution in [0.5, 0.6) is 0 Å². The number of nitrogens with zero attached hydrogens (tertiary/aromatic N) is 2. The molecule has 0 saturated carbocycles. The summed E-state index contributed by atoms with van der Waals surface area (Å²) in [7, 11) is 0. The maximum absolute atomic E-state index is 13.1. The standard InChI is InChI=1S/C8H7FN2O/c9-7-3-1-2-6-4-10-8(5-12)11(6)7/h1-4,12H,5H2. The number of aromatic nitrogens is 2. The predicted molar refractivity (Wildman–Crippen MR) is 41.1 cm³/mol. The quantitative estimate of drug-likeness (QED) is 0.641. The van der Waals surface area contributed by atoms with Gasteiger partial charge in [-0.2, -0.15) is 4.39 Å². The fourth-order valence-corrected chi connectivity index (χ4v) is 1.18. The summed E-state index contributed by atoms with van der Waals surface area (Å²) in [5.74, 6) is -0.0860. The molecule has 4 heteroatoms. The van der Waals surface area contributed by atoms with Crippen LogP contribution < -0.4 is 0 Å². The molecule has 2 rings (SSSR count). The average Bonchev–Trinajstić information content (AvgIpc) is 2.49. The highest BCUT2D eigenvalue weighted by atomic mass is 19.1. The van der Waals surface area contributed by atoms with Gasteiger partial charge in [0.2, 0.25) is 0 Å². The van der Waals surface area contributed by atoms with E-state index in [1.807, 2.05) is 0 Å². The van der Waals surface area contributed by atoms with Crippen LogP contribution in [0.25, 0.3) is 5.52 Å². The molecule has 0 aromatic carbocycles. The predicted octanol–water partition coefficient (Wildman–Crippen LogP) is 0.966. The van der Waals surface area contributed by atoms with Gasteiger partial charge in [-0.25, -0.2) is 4.98 Å². The molecule has 0 aliphatic carbocycles. The van der Waals surface area contributed by atoms with Gasteiger partial charge < -0.3 is 5.11 Å². The van der Waals surface area contributed by atoms with Gasteiger partial charge in [0, 0.05) is 0 Å². The van der Waals surface area contributed by atoms with E-state index >= 15 is 0 Å². The van der Waals surface area contributed by atoms with E-state index in [1.165, 1.54) is 16.7 Å². The van der Waals surface area contributed by atoms with Crippen molar-refractivity contribution in [3.8, 4) is 0 Å². The van der Waals surface area contributed by atoms with Crippen LogP contribution in [-0.4, -0.2) is 14.5 Å². The second-order valence-corrected chi connectivity index (χ2v) is 2.44. The second kappa shape index (κ2) is 2.57. The van der Waals surface area contributed by atoms with Crippen LogP contribution in [0.2, 0.25) is 0 Å². The lowest BCUT2D eigenvalue weighted by molar-refractivity contribution is 0.268. The fourth-order valence-electron chi connectivity index (χ4n) is 1.18. The van der Waals surface area contributed by atoms with Crippen LogP contribution in [0.3, 0.4) is 0 Å². The first-order valence-corrected chi connectivity index (χ1v) is 3.54. The Morgan fingerprint density at radius 3 is 3.08 bits per heavy atom. The summed E-state index contributed by atoms with van der Waals surface area (Å²) < 4.78 is 14.4. The van der Waals surface area contributed by atoms with Crippen molar-refractivity contribution < 1.29 is 9.50 Å². The normalized spacial score (nSPS) is 10.8. The van der Waals surface area contributed by atoms with E-state index in [0.29, 0.717) is 11.3 Å². The summed E-state index contributed by atoms with van der Waals surface area (Å²) in [6.07, 6.45) is 1.52. The number of aliphatic hydroxyl groups is 1. The molecule has 0 spiro atoms. The molecule has 0 unspecified atom stereocenters. The topological polar surface area (TPSA) is 37.5 Å². The Labute approximate surface area is 68.1 Å². The minimum absolute atomic E-state index is 0.255. The van der Waals surface area contributed by atoms with Crippen LogP contribution >= 0.6 is 0 Å². The molecule has 12 heavy (non-hydrogen) atoms. The molecule has 0 amide bonds. The maximum Gasteiger partial charge on any atom is 0.199 e. The number of hydrogen-bond donors (Lipinski definition) is 1. The van der Waals surface area contributed by atoms with Crippen molar-refractivity contribution in [2.45, 2.75) is 6.61 Å². The molecule has 0 atom stereocenters. The molecule has 2 heterocycles. The van der Waals surface area contributed by atoms with Gasteiger partial charge in [-0.3, -0.25) is 4.40 Å². The zero-order valence-electron chi connectivity index (χ0n) is 6.24. The number of hydrogen-bond acceptors (Lipinski definition) is 2. The Morgan fingerprint density at radius 1 is 1.50 bits per heavy atom. The van der Waals surface area contributed by atoms with Gasteiger partial charge in [0.25, 0.3) is 0 Å². The van der Waals surface area contributed by atoms with Crippen LogP contribution in [0.4, 0.5) is 4.39 Å². The average molecular weight is 166 g/mol. The van der Waals surface area contributed by atoms with E-state index in [-0.39, 0.29) is 6.61 Å². The lowest BCUT2D eigenvalue weighted by Gasteiger charge is -1.98. The SMILES string of the molecule is OCc1ncc2cccc(F)n12. The Morgan fingerprint density at radius 2 is 2.33 bits per heavy atom. The number of aliphatic hydroxyl groups excluding tert-OH is 1. The van der Waals surface area contributed by atoms with Gasteiger partial charge in [0.05, 0.1) is 11.7 Å². The summed E-state index contributed by atoms with van der Waals surface area (Å²) in [4.78, 5) is 3.85. The summed E-state index contributed by atoms with van der Waals surface area (Å²) in [5.41, 5.74) is 0.652. The molecule has 0 aliphatic rings. The van der Waals surface area contributed by atoms with Crippen molar-refractivity contribution in [1.82, 2.24) is 9.38 Å². The minimum atomic E-state index is -0.408. The van der Waals surface area contributed by atoms with E-state index in [9.17, 15) is 4.39 Å². The third-order valence-electron chi connectivity index (χ3n) is 1.72. The van der Waals surface area contributed by atoms with Gasteiger partial charge in [-0.05, 0) is 12.1 Å². The molecule has 0 saturated heterocycles. The van der Waals surface area contributed by atoms with Gasteiger partial charge in [-0.15, -0.1) is 0 Å². The van der Waals surface area contributed by atoms with E-state index in [0.717, 1.165) is 0 Å². The summed E-state index contributed by atoms with van der Waals surface area (Å²) in [6, 6.07) is 4.66. The van der Waals surface area contributed by atoms with Gasteiger partial charge in [-0.1, -0.05) is 6.07 Å². The molecular weight excluding hydrogens is 159 g/mol. The number of fused-ring (bicyclic) bond motifs is 1. The first-order chi connectivity index (χ1) is 5.83. The molecule has 1 N–H and O–H groups in total. The van der Waals surface area contributed by atoms with Crippen molar-refractivity contribution in [1.29, 1.82) is 0 Å². The third-order valence-corrected chi connectivity index (χ3v) is 1.72. The first kappa shape index (κ1) is 7.24. The highest BCUT2D eigenvalue weighted by molar-refractivity contribution is 5.45. The largest absolute Gasteiger partial charge is 0.388 e. The van der Waals surface area contributed by atoms with Gasteiger partial charge in [0.15, 0.2) is 5.95 Å². The van der Waals surface area contributed by atoms with Crippen LogP contribution in [0.15, 0.2) is 24.4 Å². The summed E-state index contributed by atoms with van der Waals surface area (Å²) in [6.45, 7) is -0.255. The highest BCUT2D eigenvalue weighted by Gasteiger charge is 2.04. The molecule has 3 nitrogen and oxygen atoms in total.